The summed E-state index contributed by atoms with van der Waals surface area (Å²) in [6, 6.07) is 2.71. The van der Waals surface area contributed by atoms with Crippen molar-refractivity contribution in [3.63, 3.8) is 0 Å². The molecule has 0 heterocycles. The Bertz CT molecular complexity index is 533. The van der Waals surface area contributed by atoms with Crippen molar-refractivity contribution in [3.05, 3.63) is 23.5 Å². The molecule has 1 N–H and O–H groups in total. The Morgan fingerprint density at radius 2 is 1.90 bits per heavy atom. The molecule has 0 radical (unpaired) electrons. The molecule has 0 atom stereocenters. The normalized spacial score (nSPS) is 17.0. The summed E-state index contributed by atoms with van der Waals surface area (Å²) in [6.07, 6.45) is 2.36. The maximum atomic E-state index is 14.5. The van der Waals surface area contributed by atoms with Gasteiger partial charge >= 0.3 is 5.97 Å². The van der Waals surface area contributed by atoms with Gasteiger partial charge in [-0.1, -0.05) is 12.8 Å². The van der Waals surface area contributed by atoms with E-state index in [1.165, 1.54) is 19.2 Å². The minimum atomic E-state index is -1.15. The van der Waals surface area contributed by atoms with Gasteiger partial charge in [0.25, 0.3) is 0 Å². The van der Waals surface area contributed by atoms with Crippen LogP contribution in [-0.2, 0) is 10.2 Å². The van der Waals surface area contributed by atoms with Gasteiger partial charge in [0.05, 0.1) is 18.6 Å². The van der Waals surface area contributed by atoms with E-state index in [-0.39, 0.29) is 11.7 Å². The van der Waals surface area contributed by atoms with Crippen LogP contribution < -0.4 is 9.47 Å². The van der Waals surface area contributed by atoms with E-state index in [2.05, 4.69) is 0 Å². The summed E-state index contributed by atoms with van der Waals surface area (Å²) >= 11 is 0. The molecule has 116 valence electrons. The molecule has 0 amide bonds. The zero-order valence-corrected chi connectivity index (χ0v) is 12.6. The highest BCUT2D eigenvalue weighted by Crippen LogP contribution is 2.45. The number of hydrogen-bond donors (Lipinski definition) is 1. The van der Waals surface area contributed by atoms with E-state index in [4.69, 9.17) is 9.47 Å². The summed E-state index contributed by atoms with van der Waals surface area (Å²) in [4.78, 5) is 11.7. The smallest absolute Gasteiger partial charge is 0.314 e. The molecule has 1 aliphatic carbocycles. The average molecular weight is 296 g/mol. The van der Waals surface area contributed by atoms with Crippen LogP contribution >= 0.6 is 0 Å². The highest BCUT2D eigenvalue weighted by molar-refractivity contribution is 5.82. The summed E-state index contributed by atoms with van der Waals surface area (Å²) in [5, 5.41) is 9.58. The van der Waals surface area contributed by atoms with Crippen LogP contribution in [0.5, 0.6) is 11.5 Å². The second-order valence-electron chi connectivity index (χ2n) is 5.74. The number of carbonyl (C=O) groups is 1. The maximum absolute atomic E-state index is 14.5. The molecule has 2 rings (SSSR count). The molecule has 1 aliphatic rings. The van der Waals surface area contributed by atoms with Gasteiger partial charge < -0.3 is 14.6 Å². The predicted octanol–water partition coefficient (Wildman–Crippen LogP) is 3.52. The second-order valence-corrected chi connectivity index (χ2v) is 5.74. The molecule has 1 saturated carbocycles. The van der Waals surface area contributed by atoms with Gasteiger partial charge in [-0.25, -0.2) is 4.39 Å². The lowest BCUT2D eigenvalue weighted by Gasteiger charge is -2.26. The molecule has 0 bridgehead atoms. The molecule has 1 fully saturated rings. The van der Waals surface area contributed by atoms with Crippen molar-refractivity contribution < 1.29 is 23.8 Å². The minimum Gasteiger partial charge on any atom is -0.493 e. The Labute approximate surface area is 123 Å². The molecule has 5 heteroatoms. The first kappa shape index (κ1) is 15.6. The van der Waals surface area contributed by atoms with Crippen molar-refractivity contribution in [1.82, 2.24) is 0 Å². The molecular weight excluding hydrogens is 275 g/mol. The Morgan fingerprint density at radius 1 is 1.29 bits per heavy atom. The van der Waals surface area contributed by atoms with Gasteiger partial charge in [-0.15, -0.1) is 0 Å². The third kappa shape index (κ3) is 2.82. The van der Waals surface area contributed by atoms with Crippen LogP contribution in [-0.4, -0.2) is 24.3 Å². The maximum Gasteiger partial charge on any atom is 0.314 e. The summed E-state index contributed by atoms with van der Waals surface area (Å²) in [5.74, 6) is -0.853. The highest BCUT2D eigenvalue weighted by atomic mass is 19.1. The van der Waals surface area contributed by atoms with E-state index >= 15 is 0 Å². The van der Waals surface area contributed by atoms with E-state index in [0.717, 1.165) is 12.8 Å². The van der Waals surface area contributed by atoms with Gasteiger partial charge in [-0.05, 0) is 32.8 Å². The Kier molecular flexibility index (Phi) is 4.40. The zero-order valence-electron chi connectivity index (χ0n) is 12.6. The van der Waals surface area contributed by atoms with Crippen LogP contribution in [0.25, 0.3) is 0 Å². The molecule has 1 aromatic rings. The first-order chi connectivity index (χ1) is 9.90. The molecule has 21 heavy (non-hydrogen) atoms. The molecule has 0 spiro atoms. The van der Waals surface area contributed by atoms with Crippen molar-refractivity contribution in [3.8, 4) is 11.5 Å². The van der Waals surface area contributed by atoms with Crippen LogP contribution in [0.4, 0.5) is 4.39 Å². The van der Waals surface area contributed by atoms with Gasteiger partial charge in [-0.2, -0.15) is 0 Å². The number of hydrogen-bond acceptors (Lipinski definition) is 3. The lowest BCUT2D eigenvalue weighted by atomic mass is 9.78. The highest BCUT2D eigenvalue weighted by Gasteiger charge is 2.45. The van der Waals surface area contributed by atoms with Crippen molar-refractivity contribution >= 4 is 5.97 Å². The lowest BCUT2D eigenvalue weighted by molar-refractivity contribution is -0.143. The first-order valence-electron chi connectivity index (χ1n) is 7.19. The van der Waals surface area contributed by atoms with Crippen molar-refractivity contribution in [2.45, 2.75) is 51.0 Å². The molecule has 0 saturated heterocycles. The SMILES string of the molecule is COc1cc(C2(C(=O)O)CCCC2)c(F)cc1OC(C)C. The van der Waals surface area contributed by atoms with Crippen LogP contribution in [0, 0.1) is 5.82 Å². The van der Waals surface area contributed by atoms with Crippen LogP contribution in [0.3, 0.4) is 0 Å². The standard InChI is InChI=1S/C16H21FO4/c1-10(2)21-14-9-12(17)11(8-13(14)20-3)16(15(18)19)6-4-5-7-16/h8-10H,4-7H2,1-3H3,(H,18,19). The van der Waals surface area contributed by atoms with Crippen LogP contribution in [0.15, 0.2) is 12.1 Å². The summed E-state index contributed by atoms with van der Waals surface area (Å²) in [6.45, 7) is 3.67. The van der Waals surface area contributed by atoms with E-state index in [1.54, 1.807) is 0 Å². The largest absolute Gasteiger partial charge is 0.493 e. The first-order valence-corrected chi connectivity index (χ1v) is 7.19. The topological polar surface area (TPSA) is 55.8 Å². The molecule has 0 unspecified atom stereocenters. The number of carboxylic acid groups (broad SMARTS) is 1. The molecule has 1 aromatic carbocycles. The third-order valence-electron chi connectivity index (χ3n) is 4.00. The fourth-order valence-electron chi connectivity index (χ4n) is 2.98. The third-order valence-corrected chi connectivity index (χ3v) is 4.00. The van der Waals surface area contributed by atoms with Gasteiger partial charge in [0, 0.05) is 11.6 Å². The zero-order chi connectivity index (χ0) is 15.6. The number of aliphatic carboxylic acids is 1. The summed E-state index contributed by atoms with van der Waals surface area (Å²) in [5.41, 5.74) is -0.950. The fourth-order valence-corrected chi connectivity index (χ4v) is 2.98. The Hall–Kier alpha value is -1.78. The van der Waals surface area contributed by atoms with Crippen molar-refractivity contribution in [2.24, 2.45) is 0 Å². The summed E-state index contributed by atoms with van der Waals surface area (Å²) < 4.78 is 25.2. The molecule has 0 aromatic heterocycles. The fraction of sp³-hybridized carbons (Fsp3) is 0.562. The second kappa shape index (κ2) is 5.92. The van der Waals surface area contributed by atoms with Gasteiger partial charge in [0.2, 0.25) is 0 Å². The Morgan fingerprint density at radius 3 is 2.38 bits per heavy atom. The molecular formula is C16H21FO4. The minimum absolute atomic E-state index is 0.121. The van der Waals surface area contributed by atoms with Crippen molar-refractivity contribution in [2.75, 3.05) is 7.11 Å². The number of carboxylic acids is 1. The summed E-state index contributed by atoms with van der Waals surface area (Å²) in [7, 11) is 1.46. The predicted molar refractivity (Wildman–Crippen MR) is 76.5 cm³/mol. The number of benzene rings is 1. The van der Waals surface area contributed by atoms with Crippen LogP contribution in [0.1, 0.15) is 45.1 Å². The number of methoxy groups -OCH3 is 1. The van der Waals surface area contributed by atoms with E-state index in [9.17, 15) is 14.3 Å². The number of ether oxygens (including phenoxy) is 2. The molecule has 0 aliphatic heterocycles. The monoisotopic (exact) mass is 296 g/mol. The van der Waals surface area contributed by atoms with Crippen molar-refractivity contribution in [1.29, 1.82) is 0 Å². The number of rotatable bonds is 5. The van der Waals surface area contributed by atoms with Gasteiger partial charge in [-0.3, -0.25) is 4.79 Å². The number of halogens is 1. The lowest BCUT2D eigenvalue weighted by Crippen LogP contribution is -2.33. The van der Waals surface area contributed by atoms with Gasteiger partial charge in [0.1, 0.15) is 5.82 Å². The van der Waals surface area contributed by atoms with Crippen LogP contribution in [0.2, 0.25) is 0 Å². The molecule has 4 nitrogen and oxygen atoms in total. The van der Waals surface area contributed by atoms with E-state index in [1.807, 2.05) is 13.8 Å². The average Bonchev–Trinajstić information content (AvgIpc) is 2.88. The Balaban J connectivity index is 2.52. The van der Waals surface area contributed by atoms with E-state index < -0.39 is 17.2 Å². The van der Waals surface area contributed by atoms with E-state index in [0.29, 0.717) is 24.3 Å². The van der Waals surface area contributed by atoms with Gasteiger partial charge in [0.15, 0.2) is 11.5 Å². The quantitative estimate of drug-likeness (QED) is 0.903.